The molecule has 4 aliphatic rings. The number of fused-ring (bicyclic) bond motifs is 6. The number of carbonyl (C=O) groups excluding carboxylic acids is 2. The number of benzene rings is 2. The number of oxazole rings is 1. The van der Waals surface area contributed by atoms with Gasteiger partial charge in [-0.1, -0.05) is 61.5 Å². The quantitative estimate of drug-likeness (QED) is 0.303. The SMILES string of the molecule is CC12CCC(=O)C=C1CCC1C2CCC2(C)C(C(=O)CSc3nc4ccccc4o3)CCC12.O=C(O)c1ccccc1. The second-order valence-electron chi connectivity index (χ2n) is 13.0. The van der Waals surface area contributed by atoms with Gasteiger partial charge >= 0.3 is 5.97 Å². The summed E-state index contributed by atoms with van der Waals surface area (Å²) < 4.78 is 5.82. The first-order chi connectivity index (χ1) is 20.2. The van der Waals surface area contributed by atoms with E-state index in [1.54, 1.807) is 30.3 Å². The van der Waals surface area contributed by atoms with Crippen LogP contribution in [0.25, 0.3) is 11.1 Å². The lowest BCUT2D eigenvalue weighted by atomic mass is 9.46. The van der Waals surface area contributed by atoms with Crippen molar-refractivity contribution in [3.63, 3.8) is 0 Å². The van der Waals surface area contributed by atoms with Gasteiger partial charge in [-0.3, -0.25) is 9.59 Å². The van der Waals surface area contributed by atoms with E-state index < -0.39 is 5.97 Å². The normalized spacial score (nSPS) is 31.7. The third-order valence-electron chi connectivity index (χ3n) is 11.0. The van der Waals surface area contributed by atoms with Crippen LogP contribution in [-0.4, -0.2) is 33.4 Å². The van der Waals surface area contributed by atoms with Crippen LogP contribution in [0.5, 0.6) is 0 Å². The Labute approximate surface area is 251 Å². The summed E-state index contributed by atoms with van der Waals surface area (Å²) in [7, 11) is 0. The van der Waals surface area contributed by atoms with Crippen LogP contribution in [0, 0.1) is 34.5 Å². The first-order valence-electron chi connectivity index (χ1n) is 15.2. The zero-order chi connectivity index (χ0) is 29.5. The van der Waals surface area contributed by atoms with Crippen LogP contribution in [0.3, 0.4) is 0 Å². The number of allylic oxidation sites excluding steroid dienone is 1. The number of rotatable bonds is 5. The molecular formula is C35H39NO5S. The Hall–Kier alpha value is -3.19. The molecule has 7 heteroatoms. The third-order valence-corrected chi connectivity index (χ3v) is 11.8. The highest BCUT2D eigenvalue weighted by molar-refractivity contribution is 7.99. The Morgan fingerprint density at radius 2 is 1.71 bits per heavy atom. The van der Waals surface area contributed by atoms with Crippen LogP contribution >= 0.6 is 11.8 Å². The van der Waals surface area contributed by atoms with Crippen molar-refractivity contribution in [2.75, 3.05) is 5.75 Å². The predicted molar refractivity (Wildman–Crippen MR) is 163 cm³/mol. The zero-order valence-corrected chi connectivity index (χ0v) is 25.2. The van der Waals surface area contributed by atoms with Crippen molar-refractivity contribution in [3.05, 3.63) is 71.8 Å². The molecule has 0 amide bonds. The maximum atomic E-state index is 13.4. The molecule has 1 N–H and O–H groups in total. The number of nitrogens with zero attached hydrogens (tertiary/aromatic N) is 1. The van der Waals surface area contributed by atoms with E-state index in [4.69, 9.17) is 9.52 Å². The maximum absolute atomic E-state index is 13.4. The second-order valence-corrected chi connectivity index (χ2v) is 13.9. The number of ketones is 2. The second kappa shape index (κ2) is 11.5. The maximum Gasteiger partial charge on any atom is 0.335 e. The molecule has 6 unspecified atom stereocenters. The predicted octanol–water partition coefficient (Wildman–Crippen LogP) is 8.02. The Balaban J connectivity index is 0.000000302. The van der Waals surface area contributed by atoms with Crippen molar-refractivity contribution in [2.45, 2.75) is 70.4 Å². The molecule has 6 nitrogen and oxygen atoms in total. The van der Waals surface area contributed by atoms with Gasteiger partial charge in [0.2, 0.25) is 0 Å². The Morgan fingerprint density at radius 3 is 2.45 bits per heavy atom. The van der Waals surface area contributed by atoms with Crippen molar-refractivity contribution in [1.29, 1.82) is 0 Å². The lowest BCUT2D eigenvalue weighted by molar-refractivity contribution is -0.128. The van der Waals surface area contributed by atoms with Gasteiger partial charge in [-0.2, -0.15) is 0 Å². The molecule has 7 rings (SSSR count). The molecule has 0 saturated heterocycles. The molecule has 0 spiro atoms. The van der Waals surface area contributed by atoms with Crippen molar-refractivity contribution >= 4 is 40.4 Å². The van der Waals surface area contributed by atoms with E-state index in [0.29, 0.717) is 52.3 Å². The number of carboxylic acid groups (broad SMARTS) is 1. The van der Waals surface area contributed by atoms with E-state index in [9.17, 15) is 14.4 Å². The van der Waals surface area contributed by atoms with E-state index in [1.807, 2.05) is 30.3 Å². The van der Waals surface area contributed by atoms with Crippen molar-refractivity contribution in [1.82, 2.24) is 4.98 Å². The van der Waals surface area contributed by atoms with Crippen molar-refractivity contribution in [2.24, 2.45) is 34.5 Å². The minimum absolute atomic E-state index is 0.113. The summed E-state index contributed by atoms with van der Waals surface area (Å²) in [5, 5.41) is 8.98. The molecule has 3 fully saturated rings. The summed E-state index contributed by atoms with van der Waals surface area (Å²) in [6.45, 7) is 4.84. The topological polar surface area (TPSA) is 97.5 Å². The molecule has 0 aliphatic heterocycles. The van der Waals surface area contributed by atoms with E-state index in [0.717, 1.165) is 36.8 Å². The molecule has 6 atom stereocenters. The van der Waals surface area contributed by atoms with Gasteiger partial charge in [-0.25, -0.2) is 9.78 Å². The molecule has 0 radical (unpaired) electrons. The van der Waals surface area contributed by atoms with Gasteiger partial charge in [0.1, 0.15) is 11.3 Å². The monoisotopic (exact) mass is 585 g/mol. The lowest BCUT2D eigenvalue weighted by Gasteiger charge is -2.58. The van der Waals surface area contributed by atoms with Crippen LogP contribution in [0.15, 0.2) is 75.9 Å². The van der Waals surface area contributed by atoms with E-state index in [1.165, 1.54) is 36.6 Å². The summed E-state index contributed by atoms with van der Waals surface area (Å²) in [5.74, 6) is 2.42. The van der Waals surface area contributed by atoms with E-state index >= 15 is 0 Å². The van der Waals surface area contributed by atoms with Gasteiger partial charge in [0.15, 0.2) is 11.4 Å². The molecule has 2 aromatic carbocycles. The van der Waals surface area contributed by atoms with Gasteiger partial charge < -0.3 is 9.52 Å². The summed E-state index contributed by atoms with van der Waals surface area (Å²) >= 11 is 1.45. The van der Waals surface area contributed by atoms with Crippen LogP contribution in [0.2, 0.25) is 0 Å². The average molecular weight is 586 g/mol. The van der Waals surface area contributed by atoms with Crippen LogP contribution in [0.4, 0.5) is 0 Å². The first-order valence-corrected chi connectivity index (χ1v) is 16.2. The highest BCUT2D eigenvalue weighted by atomic mass is 32.2. The number of aromatic carboxylic acids is 1. The number of carboxylic acids is 1. The fourth-order valence-electron chi connectivity index (χ4n) is 8.82. The zero-order valence-electron chi connectivity index (χ0n) is 24.4. The molecule has 3 saturated carbocycles. The molecule has 4 aliphatic carbocycles. The highest BCUT2D eigenvalue weighted by Crippen LogP contribution is 2.66. The van der Waals surface area contributed by atoms with Gasteiger partial charge in [0.25, 0.3) is 5.22 Å². The molecule has 1 aromatic heterocycles. The largest absolute Gasteiger partial charge is 0.478 e. The molecular weight excluding hydrogens is 546 g/mol. The number of para-hydroxylation sites is 2. The molecule has 1 heterocycles. The lowest BCUT2D eigenvalue weighted by Crippen LogP contribution is -2.51. The van der Waals surface area contributed by atoms with Crippen LogP contribution in [0.1, 0.15) is 75.6 Å². The van der Waals surface area contributed by atoms with Crippen LogP contribution in [-0.2, 0) is 9.59 Å². The smallest absolute Gasteiger partial charge is 0.335 e. The Kier molecular flexibility index (Phi) is 7.90. The fraction of sp³-hybridized carbons (Fsp3) is 0.486. The third kappa shape index (κ3) is 5.25. The van der Waals surface area contributed by atoms with Crippen molar-refractivity contribution < 1.29 is 23.9 Å². The van der Waals surface area contributed by atoms with Gasteiger partial charge in [-0.15, -0.1) is 0 Å². The van der Waals surface area contributed by atoms with Crippen LogP contribution < -0.4 is 0 Å². The number of hydrogen-bond donors (Lipinski definition) is 1. The number of aromatic nitrogens is 1. The number of hydrogen-bond acceptors (Lipinski definition) is 6. The Morgan fingerprint density at radius 1 is 0.952 bits per heavy atom. The van der Waals surface area contributed by atoms with Gasteiger partial charge in [-0.05, 0) is 104 Å². The van der Waals surface area contributed by atoms with Crippen molar-refractivity contribution in [3.8, 4) is 0 Å². The summed E-state index contributed by atoms with van der Waals surface area (Å²) in [5.41, 5.74) is 3.69. The molecule has 0 bridgehead atoms. The summed E-state index contributed by atoms with van der Waals surface area (Å²) in [4.78, 5) is 40.2. The fourth-order valence-corrected chi connectivity index (χ4v) is 9.59. The first kappa shape index (κ1) is 28.9. The minimum Gasteiger partial charge on any atom is -0.478 e. The molecule has 220 valence electrons. The highest BCUT2D eigenvalue weighted by Gasteiger charge is 2.60. The van der Waals surface area contributed by atoms with E-state index in [-0.39, 0.29) is 16.7 Å². The Bertz CT molecular complexity index is 1500. The van der Waals surface area contributed by atoms with E-state index in [2.05, 4.69) is 18.8 Å². The number of Topliss-reactive ketones (excluding diaryl/α,β-unsaturated/α-hetero) is 1. The van der Waals surface area contributed by atoms with Gasteiger partial charge in [0.05, 0.1) is 11.3 Å². The summed E-state index contributed by atoms with van der Waals surface area (Å²) in [6.07, 6.45) is 10.5. The minimum atomic E-state index is -0.879. The van der Waals surface area contributed by atoms with Gasteiger partial charge in [0, 0.05) is 12.3 Å². The summed E-state index contributed by atoms with van der Waals surface area (Å²) in [6, 6.07) is 16.1. The standard InChI is InChI=1S/C28H33NO3S.C7H6O2/c1-27-13-11-18(30)15-17(27)7-8-19-20-9-10-22(28(20,2)14-12-21(19)27)24(31)16-33-26-29-23-5-3-4-6-25(23)32-26;8-7(9)6-4-2-1-3-5-6/h3-6,15,19-22H,7-14,16H2,1-2H3;1-5H,(H,8,9). The molecule has 3 aromatic rings. The average Bonchev–Trinajstić information content (AvgIpc) is 3.57. The number of carbonyl (C=O) groups is 3. The molecule has 42 heavy (non-hydrogen) atoms. The number of thioether (sulfide) groups is 1.